The largest absolute Gasteiger partial charge is 0.492 e. The van der Waals surface area contributed by atoms with Crippen molar-refractivity contribution in [1.29, 1.82) is 0 Å². The molecule has 0 heterocycles. The Bertz CT molecular complexity index is 250. The first kappa shape index (κ1) is 10.8. The first-order valence-electron chi connectivity index (χ1n) is 4.31. The van der Waals surface area contributed by atoms with Crippen LogP contribution in [0.15, 0.2) is 29.2 Å². The molecular weight excluding hydrogens is 200 g/mol. The lowest BCUT2D eigenvalue weighted by molar-refractivity contribution is 0.310. The Labute approximate surface area is 87.7 Å². The zero-order chi connectivity index (χ0) is 9.52. The van der Waals surface area contributed by atoms with Crippen molar-refractivity contribution in [3.63, 3.8) is 0 Å². The van der Waals surface area contributed by atoms with E-state index in [1.807, 2.05) is 18.2 Å². The summed E-state index contributed by atoms with van der Waals surface area (Å²) in [5.74, 6) is 1.00. The highest BCUT2D eigenvalue weighted by molar-refractivity contribution is 8.76. The van der Waals surface area contributed by atoms with Crippen LogP contribution >= 0.6 is 21.6 Å². The van der Waals surface area contributed by atoms with Crippen LogP contribution in [-0.2, 0) is 0 Å². The van der Waals surface area contributed by atoms with E-state index in [9.17, 15) is 0 Å². The number of rotatable bonds is 5. The number of benzene rings is 1. The predicted molar refractivity (Wildman–Crippen MR) is 61.6 cm³/mol. The fourth-order valence-electron chi connectivity index (χ4n) is 0.940. The SMILES string of the molecule is CCCOc1ccccc1SSC. The third-order valence-corrected chi connectivity index (χ3v) is 3.21. The van der Waals surface area contributed by atoms with E-state index in [4.69, 9.17) is 4.74 Å². The zero-order valence-electron chi connectivity index (χ0n) is 7.95. The Morgan fingerprint density at radius 2 is 2.08 bits per heavy atom. The number of hydrogen-bond donors (Lipinski definition) is 0. The van der Waals surface area contributed by atoms with Gasteiger partial charge in [0.25, 0.3) is 0 Å². The van der Waals surface area contributed by atoms with E-state index in [2.05, 4.69) is 19.2 Å². The minimum absolute atomic E-state index is 0.798. The molecule has 0 saturated carbocycles. The molecule has 0 spiro atoms. The van der Waals surface area contributed by atoms with Crippen molar-refractivity contribution < 1.29 is 4.74 Å². The molecule has 0 bridgehead atoms. The van der Waals surface area contributed by atoms with Gasteiger partial charge in [-0.25, -0.2) is 0 Å². The number of hydrogen-bond acceptors (Lipinski definition) is 3. The van der Waals surface area contributed by atoms with Gasteiger partial charge in [-0.2, -0.15) is 0 Å². The molecule has 0 saturated heterocycles. The van der Waals surface area contributed by atoms with Crippen molar-refractivity contribution in [2.24, 2.45) is 0 Å². The maximum Gasteiger partial charge on any atom is 0.133 e. The van der Waals surface area contributed by atoms with Crippen LogP contribution in [-0.4, -0.2) is 12.9 Å². The summed E-state index contributed by atoms with van der Waals surface area (Å²) >= 11 is 0. The van der Waals surface area contributed by atoms with Crippen LogP contribution in [0.25, 0.3) is 0 Å². The summed E-state index contributed by atoms with van der Waals surface area (Å²) in [6, 6.07) is 8.16. The van der Waals surface area contributed by atoms with Crippen LogP contribution in [0.4, 0.5) is 0 Å². The fraction of sp³-hybridized carbons (Fsp3) is 0.400. The average Bonchev–Trinajstić information content (AvgIpc) is 2.17. The molecule has 0 amide bonds. The van der Waals surface area contributed by atoms with Gasteiger partial charge in [-0.15, -0.1) is 0 Å². The molecule has 1 aromatic carbocycles. The van der Waals surface area contributed by atoms with Crippen LogP contribution in [0, 0.1) is 0 Å². The lowest BCUT2D eigenvalue weighted by Gasteiger charge is -2.08. The van der Waals surface area contributed by atoms with Crippen molar-refractivity contribution in [2.45, 2.75) is 18.2 Å². The Morgan fingerprint density at radius 3 is 2.77 bits per heavy atom. The Kier molecular flexibility index (Phi) is 5.16. The molecule has 0 radical (unpaired) electrons. The molecule has 0 N–H and O–H groups in total. The summed E-state index contributed by atoms with van der Waals surface area (Å²) < 4.78 is 5.60. The van der Waals surface area contributed by atoms with Crippen molar-refractivity contribution >= 4 is 21.6 Å². The van der Waals surface area contributed by atoms with E-state index in [-0.39, 0.29) is 0 Å². The van der Waals surface area contributed by atoms with Crippen molar-refractivity contribution in [1.82, 2.24) is 0 Å². The third kappa shape index (κ3) is 3.53. The summed E-state index contributed by atoms with van der Waals surface area (Å²) in [7, 11) is 3.48. The van der Waals surface area contributed by atoms with Gasteiger partial charge in [0.15, 0.2) is 0 Å². The zero-order valence-corrected chi connectivity index (χ0v) is 9.58. The summed E-state index contributed by atoms with van der Waals surface area (Å²) in [5.41, 5.74) is 0. The van der Waals surface area contributed by atoms with Crippen LogP contribution in [0.5, 0.6) is 5.75 Å². The molecular formula is C10H14OS2. The van der Waals surface area contributed by atoms with Gasteiger partial charge in [0, 0.05) is 0 Å². The van der Waals surface area contributed by atoms with Gasteiger partial charge in [0.1, 0.15) is 5.75 Å². The van der Waals surface area contributed by atoms with Gasteiger partial charge in [0.05, 0.1) is 11.5 Å². The van der Waals surface area contributed by atoms with Crippen LogP contribution in [0.2, 0.25) is 0 Å². The second-order valence-electron chi connectivity index (χ2n) is 2.55. The van der Waals surface area contributed by atoms with Crippen molar-refractivity contribution in [3.05, 3.63) is 24.3 Å². The normalized spacial score (nSPS) is 10.0. The lowest BCUT2D eigenvalue weighted by Crippen LogP contribution is -1.95. The fourth-order valence-corrected chi connectivity index (χ4v) is 2.41. The first-order valence-corrected chi connectivity index (χ1v) is 6.86. The van der Waals surface area contributed by atoms with E-state index in [1.54, 1.807) is 21.6 Å². The van der Waals surface area contributed by atoms with Crippen molar-refractivity contribution in [2.75, 3.05) is 12.9 Å². The molecule has 0 aliphatic carbocycles. The monoisotopic (exact) mass is 214 g/mol. The second-order valence-corrected chi connectivity index (χ2v) is 4.99. The van der Waals surface area contributed by atoms with E-state index in [0.29, 0.717) is 0 Å². The third-order valence-electron chi connectivity index (χ3n) is 1.48. The van der Waals surface area contributed by atoms with Crippen LogP contribution in [0.3, 0.4) is 0 Å². The second kappa shape index (κ2) is 6.22. The molecule has 13 heavy (non-hydrogen) atoms. The minimum atomic E-state index is 0.798. The average molecular weight is 214 g/mol. The van der Waals surface area contributed by atoms with Crippen LogP contribution in [0.1, 0.15) is 13.3 Å². The number of ether oxygens (including phenoxy) is 1. The highest BCUT2D eigenvalue weighted by atomic mass is 33.1. The molecule has 1 rings (SSSR count). The molecule has 0 aliphatic heterocycles. The number of para-hydroxylation sites is 1. The summed E-state index contributed by atoms with van der Waals surface area (Å²) in [6.45, 7) is 2.91. The predicted octanol–water partition coefficient (Wildman–Crippen LogP) is 3.85. The standard InChI is InChI=1S/C10H14OS2/c1-3-8-11-9-6-4-5-7-10(9)13-12-2/h4-7H,3,8H2,1-2H3. The lowest BCUT2D eigenvalue weighted by atomic mass is 10.3. The topological polar surface area (TPSA) is 9.23 Å². The van der Waals surface area contributed by atoms with Gasteiger partial charge in [-0.3, -0.25) is 0 Å². The molecule has 0 unspecified atom stereocenters. The molecule has 1 aromatic rings. The van der Waals surface area contributed by atoms with E-state index in [1.165, 1.54) is 4.90 Å². The summed E-state index contributed by atoms with van der Waals surface area (Å²) in [6.07, 6.45) is 3.12. The molecule has 72 valence electrons. The van der Waals surface area contributed by atoms with Crippen molar-refractivity contribution in [3.8, 4) is 5.75 Å². The van der Waals surface area contributed by atoms with Gasteiger partial charge >= 0.3 is 0 Å². The molecule has 0 aliphatic rings. The quantitative estimate of drug-likeness (QED) is 0.689. The minimum Gasteiger partial charge on any atom is -0.492 e. The first-order chi connectivity index (χ1) is 6.38. The summed E-state index contributed by atoms with van der Waals surface area (Å²) in [5, 5.41) is 0. The van der Waals surface area contributed by atoms with Gasteiger partial charge < -0.3 is 4.74 Å². The molecule has 0 fully saturated rings. The highest BCUT2D eigenvalue weighted by Crippen LogP contribution is 2.35. The van der Waals surface area contributed by atoms with E-state index < -0.39 is 0 Å². The van der Waals surface area contributed by atoms with E-state index >= 15 is 0 Å². The summed E-state index contributed by atoms with van der Waals surface area (Å²) in [4.78, 5) is 1.21. The molecule has 0 atom stereocenters. The van der Waals surface area contributed by atoms with Gasteiger partial charge in [0.2, 0.25) is 0 Å². The Balaban J connectivity index is 2.66. The van der Waals surface area contributed by atoms with Crippen LogP contribution < -0.4 is 4.74 Å². The molecule has 0 aromatic heterocycles. The van der Waals surface area contributed by atoms with E-state index in [0.717, 1.165) is 18.8 Å². The molecule has 3 heteroatoms. The Morgan fingerprint density at radius 1 is 1.31 bits per heavy atom. The Hall–Kier alpha value is -0.280. The van der Waals surface area contributed by atoms with Gasteiger partial charge in [-0.05, 0) is 24.8 Å². The van der Waals surface area contributed by atoms with Gasteiger partial charge in [-0.1, -0.05) is 40.6 Å². The highest BCUT2D eigenvalue weighted by Gasteiger charge is 2.01. The molecule has 1 nitrogen and oxygen atoms in total. The maximum atomic E-state index is 5.60. The maximum absolute atomic E-state index is 5.60. The smallest absolute Gasteiger partial charge is 0.133 e.